The molecule has 66 valence electrons. The maximum absolute atomic E-state index is 9.30. The molecule has 2 nitrogen and oxygen atoms in total. The summed E-state index contributed by atoms with van der Waals surface area (Å²) in [7, 11) is 0. The molecule has 0 aromatic heterocycles. The normalized spacial score (nSPS) is 26.7. The highest BCUT2D eigenvalue weighted by Gasteiger charge is 2.24. The summed E-state index contributed by atoms with van der Waals surface area (Å²) in [4.78, 5) is 2.41. The van der Waals surface area contributed by atoms with Gasteiger partial charge in [-0.15, -0.1) is 0 Å². The third-order valence-electron chi connectivity index (χ3n) is 2.65. The third-order valence-corrected chi connectivity index (χ3v) is 2.65. The van der Waals surface area contributed by atoms with Crippen LogP contribution in [-0.2, 0) is 0 Å². The van der Waals surface area contributed by atoms with Crippen LogP contribution >= 0.6 is 0 Å². The Morgan fingerprint density at radius 1 is 1.45 bits per heavy atom. The van der Waals surface area contributed by atoms with Crippen molar-refractivity contribution in [2.45, 2.75) is 45.3 Å². The lowest BCUT2D eigenvalue weighted by molar-refractivity contribution is 0.155. The Morgan fingerprint density at radius 3 is 2.45 bits per heavy atom. The monoisotopic (exact) mass is 157 g/mol. The molecular weight excluding hydrogens is 138 g/mol. The first-order chi connectivity index (χ1) is 5.27. The fraction of sp³-hybridized carbons (Fsp3) is 1.00. The maximum Gasteiger partial charge on any atom is 0.0679 e. The summed E-state index contributed by atoms with van der Waals surface area (Å²) in [6.45, 7) is 6.43. The second-order valence-electron chi connectivity index (χ2n) is 3.41. The molecule has 0 aromatic rings. The molecule has 1 fully saturated rings. The van der Waals surface area contributed by atoms with Crippen LogP contribution in [0.5, 0.6) is 0 Å². The largest absolute Gasteiger partial charge is 0.392 e. The SMILES string of the molecule is CCC(CC)N1CC[C@H](O)C1. The van der Waals surface area contributed by atoms with Gasteiger partial charge in [-0.3, -0.25) is 4.90 Å². The van der Waals surface area contributed by atoms with Gasteiger partial charge in [0.25, 0.3) is 0 Å². The van der Waals surface area contributed by atoms with Crippen molar-refractivity contribution in [3.8, 4) is 0 Å². The number of hydrogen-bond donors (Lipinski definition) is 1. The Kier molecular flexibility index (Phi) is 3.34. The molecule has 11 heavy (non-hydrogen) atoms. The molecule has 1 saturated heterocycles. The van der Waals surface area contributed by atoms with E-state index in [0.717, 1.165) is 19.5 Å². The molecule has 1 N–H and O–H groups in total. The van der Waals surface area contributed by atoms with Crippen LogP contribution in [0.25, 0.3) is 0 Å². The maximum atomic E-state index is 9.30. The van der Waals surface area contributed by atoms with Gasteiger partial charge in [-0.25, -0.2) is 0 Å². The van der Waals surface area contributed by atoms with Gasteiger partial charge in [0.1, 0.15) is 0 Å². The molecule has 0 aliphatic carbocycles. The summed E-state index contributed by atoms with van der Waals surface area (Å²) in [5.74, 6) is 0. The van der Waals surface area contributed by atoms with E-state index in [9.17, 15) is 5.11 Å². The Balaban J connectivity index is 2.34. The summed E-state index contributed by atoms with van der Waals surface area (Å²) in [6, 6.07) is 0.701. The van der Waals surface area contributed by atoms with Crippen molar-refractivity contribution < 1.29 is 5.11 Å². The van der Waals surface area contributed by atoms with E-state index in [4.69, 9.17) is 0 Å². The van der Waals surface area contributed by atoms with Crippen LogP contribution < -0.4 is 0 Å². The van der Waals surface area contributed by atoms with Gasteiger partial charge in [0.05, 0.1) is 6.10 Å². The Bertz CT molecular complexity index is 112. The molecule has 0 saturated carbocycles. The van der Waals surface area contributed by atoms with E-state index in [1.54, 1.807) is 0 Å². The van der Waals surface area contributed by atoms with Crippen LogP contribution in [0.15, 0.2) is 0 Å². The molecule has 1 heterocycles. The zero-order valence-corrected chi connectivity index (χ0v) is 7.58. The fourth-order valence-corrected chi connectivity index (χ4v) is 1.90. The van der Waals surface area contributed by atoms with Crippen molar-refractivity contribution in [2.75, 3.05) is 13.1 Å². The Labute approximate surface area is 69.2 Å². The van der Waals surface area contributed by atoms with E-state index in [2.05, 4.69) is 18.7 Å². The van der Waals surface area contributed by atoms with Gasteiger partial charge in [0.15, 0.2) is 0 Å². The summed E-state index contributed by atoms with van der Waals surface area (Å²) in [5, 5.41) is 9.30. The minimum Gasteiger partial charge on any atom is -0.392 e. The predicted molar refractivity (Wildman–Crippen MR) is 46.6 cm³/mol. The van der Waals surface area contributed by atoms with Crippen LogP contribution in [0.2, 0.25) is 0 Å². The first-order valence-electron chi connectivity index (χ1n) is 4.70. The number of hydrogen-bond acceptors (Lipinski definition) is 2. The van der Waals surface area contributed by atoms with Crippen molar-refractivity contribution in [3.63, 3.8) is 0 Å². The number of rotatable bonds is 3. The highest BCUT2D eigenvalue weighted by atomic mass is 16.3. The lowest BCUT2D eigenvalue weighted by Gasteiger charge is -2.24. The van der Waals surface area contributed by atoms with Gasteiger partial charge < -0.3 is 5.11 Å². The molecule has 1 atom stereocenters. The topological polar surface area (TPSA) is 23.5 Å². The minimum atomic E-state index is -0.0596. The van der Waals surface area contributed by atoms with Gasteiger partial charge >= 0.3 is 0 Å². The summed E-state index contributed by atoms with van der Waals surface area (Å²) in [6.07, 6.45) is 3.33. The van der Waals surface area contributed by atoms with E-state index in [1.807, 2.05) is 0 Å². The van der Waals surface area contributed by atoms with Gasteiger partial charge in [0.2, 0.25) is 0 Å². The van der Waals surface area contributed by atoms with E-state index >= 15 is 0 Å². The fourth-order valence-electron chi connectivity index (χ4n) is 1.90. The van der Waals surface area contributed by atoms with E-state index in [1.165, 1.54) is 12.8 Å². The van der Waals surface area contributed by atoms with Crippen LogP contribution in [0.1, 0.15) is 33.1 Å². The third kappa shape index (κ3) is 2.17. The van der Waals surface area contributed by atoms with Gasteiger partial charge in [0, 0.05) is 19.1 Å². The predicted octanol–water partition coefficient (Wildman–Crippen LogP) is 1.24. The Hall–Kier alpha value is -0.0800. The van der Waals surface area contributed by atoms with Crippen molar-refractivity contribution in [3.05, 3.63) is 0 Å². The smallest absolute Gasteiger partial charge is 0.0679 e. The second-order valence-corrected chi connectivity index (χ2v) is 3.41. The average molecular weight is 157 g/mol. The number of nitrogens with zero attached hydrogens (tertiary/aromatic N) is 1. The van der Waals surface area contributed by atoms with Crippen LogP contribution in [-0.4, -0.2) is 35.2 Å². The van der Waals surface area contributed by atoms with Crippen molar-refractivity contribution in [1.82, 2.24) is 4.90 Å². The molecule has 0 spiro atoms. The van der Waals surface area contributed by atoms with Gasteiger partial charge in [-0.1, -0.05) is 13.8 Å². The number of aliphatic hydroxyl groups is 1. The molecule has 0 radical (unpaired) electrons. The quantitative estimate of drug-likeness (QED) is 0.666. The van der Waals surface area contributed by atoms with E-state index in [0.29, 0.717) is 6.04 Å². The standard InChI is InChI=1S/C9H19NO/c1-3-8(4-2)10-6-5-9(11)7-10/h8-9,11H,3-7H2,1-2H3/t9-/m0/s1. The molecule has 1 aliphatic heterocycles. The Morgan fingerprint density at radius 2 is 2.09 bits per heavy atom. The molecule has 0 amide bonds. The average Bonchev–Trinajstić information content (AvgIpc) is 2.39. The molecular formula is C9H19NO. The summed E-state index contributed by atoms with van der Waals surface area (Å²) in [5.41, 5.74) is 0. The summed E-state index contributed by atoms with van der Waals surface area (Å²) >= 11 is 0. The molecule has 1 rings (SSSR count). The van der Waals surface area contributed by atoms with Crippen molar-refractivity contribution in [2.24, 2.45) is 0 Å². The van der Waals surface area contributed by atoms with Crippen LogP contribution in [0.4, 0.5) is 0 Å². The highest BCUT2D eigenvalue weighted by molar-refractivity contribution is 4.79. The summed E-state index contributed by atoms with van der Waals surface area (Å²) < 4.78 is 0. The van der Waals surface area contributed by atoms with Gasteiger partial charge in [-0.05, 0) is 19.3 Å². The lowest BCUT2D eigenvalue weighted by atomic mass is 10.1. The van der Waals surface area contributed by atoms with Crippen molar-refractivity contribution in [1.29, 1.82) is 0 Å². The number of β-amino-alcohol motifs (C(OH)–C–C–N with tert-alkyl or cyclic N) is 1. The molecule has 0 bridgehead atoms. The number of aliphatic hydroxyl groups excluding tert-OH is 1. The minimum absolute atomic E-state index is 0.0596. The molecule has 0 unspecified atom stereocenters. The van der Waals surface area contributed by atoms with Crippen LogP contribution in [0.3, 0.4) is 0 Å². The second kappa shape index (κ2) is 4.07. The molecule has 2 heteroatoms. The van der Waals surface area contributed by atoms with E-state index in [-0.39, 0.29) is 6.10 Å². The van der Waals surface area contributed by atoms with Gasteiger partial charge in [-0.2, -0.15) is 0 Å². The number of likely N-dealkylation sites (tertiary alicyclic amines) is 1. The first kappa shape index (κ1) is 9.01. The lowest BCUT2D eigenvalue weighted by Crippen LogP contribution is -2.32. The molecule has 1 aliphatic rings. The zero-order valence-electron chi connectivity index (χ0n) is 7.58. The van der Waals surface area contributed by atoms with Crippen LogP contribution in [0, 0.1) is 0 Å². The van der Waals surface area contributed by atoms with E-state index < -0.39 is 0 Å². The zero-order chi connectivity index (χ0) is 8.27. The molecule has 0 aromatic carbocycles. The highest BCUT2D eigenvalue weighted by Crippen LogP contribution is 2.16. The van der Waals surface area contributed by atoms with Crippen molar-refractivity contribution >= 4 is 0 Å². The first-order valence-corrected chi connectivity index (χ1v) is 4.70.